The van der Waals surface area contributed by atoms with E-state index >= 15 is 0 Å². The number of methoxy groups -OCH3 is 1. The van der Waals surface area contributed by atoms with Crippen molar-refractivity contribution in [3.63, 3.8) is 0 Å². The highest BCUT2D eigenvalue weighted by atomic mass is 16.5. The first kappa shape index (κ1) is 11.9. The fourth-order valence-corrected chi connectivity index (χ4v) is 2.57. The minimum atomic E-state index is 0.206. The predicted octanol–water partition coefficient (Wildman–Crippen LogP) is 0.668. The van der Waals surface area contributed by atoms with Crippen molar-refractivity contribution in [1.29, 1.82) is 0 Å². The second kappa shape index (κ2) is 5.15. The second-order valence-electron chi connectivity index (χ2n) is 5.11. The molecule has 4 heteroatoms. The molecule has 0 aromatic carbocycles. The molecule has 1 heterocycles. The summed E-state index contributed by atoms with van der Waals surface area (Å²) in [6, 6.07) is 0.820. The van der Waals surface area contributed by atoms with E-state index in [-0.39, 0.29) is 11.8 Å². The zero-order chi connectivity index (χ0) is 11.5. The van der Waals surface area contributed by atoms with E-state index in [1.54, 1.807) is 7.11 Å². The first-order valence-electron chi connectivity index (χ1n) is 6.25. The van der Waals surface area contributed by atoms with Gasteiger partial charge in [0.1, 0.15) is 0 Å². The molecule has 1 saturated heterocycles. The lowest BCUT2D eigenvalue weighted by Gasteiger charge is -2.36. The minimum absolute atomic E-state index is 0.206. The highest BCUT2D eigenvalue weighted by Crippen LogP contribution is 2.24. The van der Waals surface area contributed by atoms with Gasteiger partial charge in [-0.1, -0.05) is 0 Å². The standard InChI is InChI=1S/C12H22N2O2/c1-8-5-9(3-4-13-8)12(15)14-10-6-11(7-10)16-2/h8-11,13H,3-7H2,1-2H3,(H,14,15). The van der Waals surface area contributed by atoms with E-state index in [2.05, 4.69) is 17.6 Å². The molecule has 0 aromatic heterocycles. The van der Waals surface area contributed by atoms with Gasteiger partial charge in [0.2, 0.25) is 5.91 Å². The van der Waals surface area contributed by atoms with Gasteiger partial charge in [0, 0.05) is 25.1 Å². The largest absolute Gasteiger partial charge is 0.381 e. The van der Waals surface area contributed by atoms with Crippen LogP contribution in [0.15, 0.2) is 0 Å². The maximum Gasteiger partial charge on any atom is 0.223 e. The predicted molar refractivity (Wildman–Crippen MR) is 62.2 cm³/mol. The maximum atomic E-state index is 12.0. The summed E-state index contributed by atoms with van der Waals surface area (Å²) in [4.78, 5) is 12.0. The van der Waals surface area contributed by atoms with Crippen LogP contribution in [0.3, 0.4) is 0 Å². The van der Waals surface area contributed by atoms with Gasteiger partial charge in [-0.05, 0) is 39.2 Å². The van der Waals surface area contributed by atoms with Gasteiger partial charge in [0.25, 0.3) is 0 Å². The number of hydrogen-bond acceptors (Lipinski definition) is 3. The molecule has 2 unspecified atom stereocenters. The summed E-state index contributed by atoms with van der Waals surface area (Å²) < 4.78 is 5.20. The van der Waals surface area contributed by atoms with Gasteiger partial charge in [-0.3, -0.25) is 4.79 Å². The van der Waals surface area contributed by atoms with Gasteiger partial charge in [0.05, 0.1) is 6.10 Å². The van der Waals surface area contributed by atoms with Gasteiger partial charge < -0.3 is 15.4 Å². The summed E-state index contributed by atoms with van der Waals surface area (Å²) in [5, 5.41) is 6.49. The summed E-state index contributed by atoms with van der Waals surface area (Å²) in [5.74, 6) is 0.450. The van der Waals surface area contributed by atoms with E-state index in [9.17, 15) is 4.79 Å². The Kier molecular flexibility index (Phi) is 3.82. The third kappa shape index (κ3) is 2.74. The van der Waals surface area contributed by atoms with Crippen LogP contribution in [-0.2, 0) is 9.53 Å². The zero-order valence-electron chi connectivity index (χ0n) is 10.2. The van der Waals surface area contributed by atoms with Gasteiger partial charge in [0.15, 0.2) is 0 Å². The van der Waals surface area contributed by atoms with Crippen LogP contribution >= 0.6 is 0 Å². The number of ether oxygens (including phenoxy) is 1. The molecule has 0 bridgehead atoms. The molecular formula is C12H22N2O2. The maximum absolute atomic E-state index is 12.0. The molecule has 1 aliphatic carbocycles. The van der Waals surface area contributed by atoms with Crippen molar-refractivity contribution in [2.24, 2.45) is 5.92 Å². The lowest BCUT2D eigenvalue weighted by molar-refractivity contribution is -0.128. The molecule has 1 aliphatic heterocycles. The summed E-state index contributed by atoms with van der Waals surface area (Å²) in [7, 11) is 1.73. The number of hydrogen-bond donors (Lipinski definition) is 2. The highest BCUT2D eigenvalue weighted by Gasteiger charge is 2.32. The van der Waals surface area contributed by atoms with Crippen molar-refractivity contribution in [3.8, 4) is 0 Å². The van der Waals surface area contributed by atoms with Gasteiger partial charge in [-0.25, -0.2) is 0 Å². The van der Waals surface area contributed by atoms with Gasteiger partial charge in [-0.2, -0.15) is 0 Å². The van der Waals surface area contributed by atoms with E-state index < -0.39 is 0 Å². The summed E-state index contributed by atoms with van der Waals surface area (Å²) >= 11 is 0. The van der Waals surface area contributed by atoms with Crippen LogP contribution in [0.25, 0.3) is 0 Å². The number of carbonyl (C=O) groups excluding carboxylic acids is 1. The van der Waals surface area contributed by atoms with Crippen LogP contribution < -0.4 is 10.6 Å². The van der Waals surface area contributed by atoms with E-state index in [0.717, 1.165) is 32.2 Å². The number of nitrogens with one attached hydrogen (secondary N) is 2. The molecule has 1 amide bonds. The third-order valence-corrected chi connectivity index (χ3v) is 3.77. The first-order valence-corrected chi connectivity index (χ1v) is 6.25. The van der Waals surface area contributed by atoms with Crippen molar-refractivity contribution >= 4 is 5.91 Å². The summed E-state index contributed by atoms with van der Waals surface area (Å²) in [6.45, 7) is 3.11. The lowest BCUT2D eigenvalue weighted by Crippen LogP contribution is -2.51. The quantitative estimate of drug-likeness (QED) is 0.743. The van der Waals surface area contributed by atoms with Crippen molar-refractivity contribution in [2.45, 2.75) is 50.8 Å². The molecule has 2 aliphatic rings. The Balaban J connectivity index is 1.71. The van der Waals surface area contributed by atoms with Gasteiger partial charge in [-0.15, -0.1) is 0 Å². The minimum Gasteiger partial charge on any atom is -0.381 e. The number of rotatable bonds is 3. The van der Waals surface area contributed by atoms with E-state index in [4.69, 9.17) is 4.74 Å². The molecule has 1 saturated carbocycles. The molecule has 2 fully saturated rings. The summed E-state index contributed by atoms with van der Waals surface area (Å²) in [5.41, 5.74) is 0. The van der Waals surface area contributed by atoms with Crippen molar-refractivity contribution in [3.05, 3.63) is 0 Å². The topological polar surface area (TPSA) is 50.4 Å². The molecule has 2 rings (SSSR count). The molecule has 4 nitrogen and oxygen atoms in total. The Bertz CT molecular complexity index is 251. The highest BCUT2D eigenvalue weighted by molar-refractivity contribution is 5.79. The van der Waals surface area contributed by atoms with Crippen molar-refractivity contribution < 1.29 is 9.53 Å². The molecule has 0 aromatic rings. The molecule has 0 radical (unpaired) electrons. The fourth-order valence-electron chi connectivity index (χ4n) is 2.57. The van der Waals surface area contributed by atoms with E-state index in [0.29, 0.717) is 18.2 Å². The Hall–Kier alpha value is -0.610. The van der Waals surface area contributed by atoms with E-state index in [1.165, 1.54) is 0 Å². The molecule has 2 N–H and O–H groups in total. The molecular weight excluding hydrogens is 204 g/mol. The zero-order valence-corrected chi connectivity index (χ0v) is 10.2. The molecule has 92 valence electrons. The van der Waals surface area contributed by atoms with Crippen LogP contribution in [0, 0.1) is 5.92 Å². The Morgan fingerprint density at radius 3 is 2.75 bits per heavy atom. The first-order chi connectivity index (χ1) is 7.69. The molecule has 2 atom stereocenters. The van der Waals surface area contributed by atoms with Crippen LogP contribution in [0.1, 0.15) is 32.6 Å². The Morgan fingerprint density at radius 2 is 2.12 bits per heavy atom. The van der Waals surface area contributed by atoms with Crippen molar-refractivity contribution in [2.75, 3.05) is 13.7 Å². The number of amides is 1. The summed E-state index contributed by atoms with van der Waals surface area (Å²) in [6.07, 6.45) is 4.24. The monoisotopic (exact) mass is 226 g/mol. The molecule has 0 spiro atoms. The normalized spacial score (nSPS) is 38.9. The number of carbonyl (C=O) groups is 1. The Morgan fingerprint density at radius 1 is 1.38 bits per heavy atom. The lowest BCUT2D eigenvalue weighted by atomic mass is 9.87. The SMILES string of the molecule is COC1CC(NC(=O)C2CCNC(C)C2)C1. The van der Waals surface area contributed by atoms with Crippen LogP contribution in [0.2, 0.25) is 0 Å². The average Bonchev–Trinajstić information content (AvgIpc) is 2.22. The Labute approximate surface area is 97.1 Å². The van der Waals surface area contributed by atoms with Crippen LogP contribution in [0.5, 0.6) is 0 Å². The van der Waals surface area contributed by atoms with Crippen LogP contribution in [0.4, 0.5) is 0 Å². The molecule has 16 heavy (non-hydrogen) atoms. The van der Waals surface area contributed by atoms with E-state index in [1.807, 2.05) is 0 Å². The third-order valence-electron chi connectivity index (χ3n) is 3.77. The van der Waals surface area contributed by atoms with Gasteiger partial charge >= 0.3 is 0 Å². The second-order valence-corrected chi connectivity index (χ2v) is 5.11. The average molecular weight is 226 g/mol. The van der Waals surface area contributed by atoms with Crippen LogP contribution in [-0.4, -0.2) is 37.7 Å². The van der Waals surface area contributed by atoms with Crippen molar-refractivity contribution in [1.82, 2.24) is 10.6 Å². The smallest absolute Gasteiger partial charge is 0.223 e. The number of piperidine rings is 1. The fraction of sp³-hybridized carbons (Fsp3) is 0.917.